The van der Waals surface area contributed by atoms with E-state index in [9.17, 15) is 27.6 Å². The number of halogens is 3. The number of amides is 3. The summed E-state index contributed by atoms with van der Waals surface area (Å²) in [5.41, 5.74) is 0. The minimum Gasteiger partial charge on any atom is -0.480 e. The molecule has 1 fully saturated rings. The molecule has 0 spiro atoms. The Morgan fingerprint density at radius 1 is 1.30 bits per heavy atom. The van der Waals surface area contributed by atoms with Crippen LogP contribution in [0.3, 0.4) is 0 Å². The Labute approximate surface area is 112 Å². The van der Waals surface area contributed by atoms with Crippen molar-refractivity contribution < 1.29 is 32.7 Å². The smallest absolute Gasteiger partial charge is 0.405 e. The molecular formula is C10H14F3N3O4. The number of likely N-dealkylation sites (tertiary alicyclic amines) is 1. The Balaban J connectivity index is 2.36. The highest BCUT2D eigenvalue weighted by molar-refractivity contribution is 5.95. The van der Waals surface area contributed by atoms with E-state index in [0.717, 1.165) is 0 Å². The number of carboxylic acids is 1. The molecule has 114 valence electrons. The number of carboxylic acid groups (broad SMARTS) is 1. The average Bonchev–Trinajstić information content (AvgIpc) is 2.73. The van der Waals surface area contributed by atoms with Crippen LogP contribution in [0.2, 0.25) is 0 Å². The molecule has 0 bridgehead atoms. The Morgan fingerprint density at radius 2 is 1.95 bits per heavy atom. The lowest BCUT2D eigenvalue weighted by Gasteiger charge is -2.20. The summed E-state index contributed by atoms with van der Waals surface area (Å²) in [4.78, 5) is 34.6. The van der Waals surface area contributed by atoms with E-state index in [0.29, 0.717) is 19.4 Å². The van der Waals surface area contributed by atoms with Gasteiger partial charge in [0, 0.05) is 0 Å². The van der Waals surface area contributed by atoms with Gasteiger partial charge in [0.2, 0.25) is 5.91 Å². The van der Waals surface area contributed by atoms with Crippen molar-refractivity contribution in [1.82, 2.24) is 15.5 Å². The number of carbonyl (C=O) groups excluding carboxylic acids is 2. The number of alkyl halides is 3. The van der Waals surface area contributed by atoms with Crippen molar-refractivity contribution in [1.29, 1.82) is 0 Å². The number of aliphatic carboxylic acids is 1. The Morgan fingerprint density at radius 3 is 2.50 bits per heavy atom. The van der Waals surface area contributed by atoms with Crippen molar-refractivity contribution in [2.24, 2.45) is 0 Å². The van der Waals surface area contributed by atoms with E-state index in [1.165, 1.54) is 10.2 Å². The lowest BCUT2D eigenvalue weighted by atomic mass is 10.2. The number of nitrogens with zero attached hydrogens (tertiary/aromatic N) is 1. The van der Waals surface area contributed by atoms with E-state index in [2.05, 4.69) is 0 Å². The highest BCUT2D eigenvalue weighted by Gasteiger charge is 2.32. The van der Waals surface area contributed by atoms with Crippen LogP contribution >= 0.6 is 0 Å². The first kappa shape index (κ1) is 16.2. The molecule has 0 aromatic carbocycles. The van der Waals surface area contributed by atoms with Crippen LogP contribution in [-0.4, -0.2) is 59.8 Å². The number of hydrogen-bond acceptors (Lipinski definition) is 4. The van der Waals surface area contributed by atoms with Gasteiger partial charge in [0.1, 0.15) is 12.6 Å². The van der Waals surface area contributed by atoms with Gasteiger partial charge in [0.25, 0.3) is 0 Å². The predicted molar refractivity (Wildman–Crippen MR) is 59.8 cm³/mol. The van der Waals surface area contributed by atoms with Gasteiger partial charge in [-0.1, -0.05) is 0 Å². The van der Waals surface area contributed by atoms with E-state index in [1.54, 1.807) is 5.32 Å². The van der Waals surface area contributed by atoms with Crippen molar-refractivity contribution in [3.63, 3.8) is 0 Å². The number of nitrogens with one attached hydrogen (secondary N) is 2. The SMILES string of the molecule is O=C(CN1CCCC1C(=O)O)NC(=O)NCC(F)(F)F. The molecule has 0 radical (unpaired) electrons. The monoisotopic (exact) mass is 297 g/mol. The molecule has 0 aromatic rings. The van der Waals surface area contributed by atoms with Gasteiger partial charge < -0.3 is 10.4 Å². The van der Waals surface area contributed by atoms with Crippen LogP contribution in [0.15, 0.2) is 0 Å². The molecule has 1 rings (SSSR count). The normalized spacial score (nSPS) is 19.6. The Hall–Kier alpha value is -1.84. The molecule has 20 heavy (non-hydrogen) atoms. The summed E-state index contributed by atoms with van der Waals surface area (Å²) in [6.45, 7) is -1.52. The zero-order chi connectivity index (χ0) is 15.3. The molecule has 7 nitrogen and oxygen atoms in total. The molecular weight excluding hydrogens is 283 g/mol. The lowest BCUT2D eigenvalue weighted by molar-refractivity contribution is -0.142. The van der Waals surface area contributed by atoms with Gasteiger partial charge in [-0.3, -0.25) is 19.8 Å². The molecule has 3 amide bonds. The minimum atomic E-state index is -4.57. The second-order valence-electron chi connectivity index (χ2n) is 4.31. The third-order valence-electron chi connectivity index (χ3n) is 2.70. The lowest BCUT2D eigenvalue weighted by Crippen LogP contribution is -2.48. The summed E-state index contributed by atoms with van der Waals surface area (Å²) in [7, 11) is 0. The van der Waals surface area contributed by atoms with Crippen LogP contribution in [0.4, 0.5) is 18.0 Å². The summed E-state index contributed by atoms with van der Waals surface area (Å²) in [5, 5.41) is 12.1. The molecule has 1 aliphatic rings. The van der Waals surface area contributed by atoms with Crippen molar-refractivity contribution in [3.05, 3.63) is 0 Å². The molecule has 1 unspecified atom stereocenters. The van der Waals surface area contributed by atoms with Gasteiger partial charge in [-0.15, -0.1) is 0 Å². The largest absolute Gasteiger partial charge is 0.480 e. The van der Waals surface area contributed by atoms with Gasteiger partial charge in [0.15, 0.2) is 0 Å². The topological polar surface area (TPSA) is 98.7 Å². The fourth-order valence-corrected chi connectivity index (χ4v) is 1.87. The molecule has 1 saturated heterocycles. The van der Waals surface area contributed by atoms with Gasteiger partial charge in [-0.2, -0.15) is 13.2 Å². The Bertz CT molecular complexity index is 400. The second-order valence-corrected chi connectivity index (χ2v) is 4.31. The number of hydrogen-bond donors (Lipinski definition) is 3. The number of urea groups is 1. The average molecular weight is 297 g/mol. The Kier molecular flexibility index (Phi) is 5.31. The fraction of sp³-hybridized carbons (Fsp3) is 0.700. The standard InChI is InChI=1S/C10H14F3N3O4/c11-10(12,13)5-14-9(20)15-7(17)4-16-3-1-2-6(16)8(18)19/h6H,1-5H2,(H,18,19)(H2,14,15,17,20). The molecule has 3 N–H and O–H groups in total. The van der Waals surface area contributed by atoms with Crippen LogP contribution in [0, 0.1) is 0 Å². The first-order valence-corrected chi connectivity index (χ1v) is 5.80. The van der Waals surface area contributed by atoms with E-state index < -0.39 is 36.7 Å². The maximum Gasteiger partial charge on any atom is 0.405 e. The maximum atomic E-state index is 11.8. The molecule has 10 heteroatoms. The van der Waals surface area contributed by atoms with Crippen molar-refractivity contribution in [2.45, 2.75) is 25.1 Å². The second kappa shape index (κ2) is 6.55. The third-order valence-corrected chi connectivity index (χ3v) is 2.70. The van der Waals surface area contributed by atoms with Crippen molar-refractivity contribution >= 4 is 17.9 Å². The summed E-state index contributed by atoms with van der Waals surface area (Å²) >= 11 is 0. The summed E-state index contributed by atoms with van der Waals surface area (Å²) in [6, 6.07) is -2.07. The summed E-state index contributed by atoms with van der Waals surface area (Å²) < 4.78 is 35.5. The first-order chi connectivity index (χ1) is 9.19. The fourth-order valence-electron chi connectivity index (χ4n) is 1.87. The highest BCUT2D eigenvalue weighted by atomic mass is 19.4. The summed E-state index contributed by atoms with van der Waals surface area (Å²) in [6.07, 6.45) is -3.57. The van der Waals surface area contributed by atoms with Crippen LogP contribution in [0.1, 0.15) is 12.8 Å². The van der Waals surface area contributed by atoms with E-state index >= 15 is 0 Å². The zero-order valence-corrected chi connectivity index (χ0v) is 10.4. The highest BCUT2D eigenvalue weighted by Crippen LogP contribution is 2.16. The number of imide groups is 1. The third kappa shape index (κ3) is 5.43. The van der Waals surface area contributed by atoms with Crippen LogP contribution in [-0.2, 0) is 9.59 Å². The molecule has 1 heterocycles. The van der Waals surface area contributed by atoms with Gasteiger partial charge in [0.05, 0.1) is 6.54 Å². The van der Waals surface area contributed by atoms with Crippen molar-refractivity contribution in [2.75, 3.05) is 19.6 Å². The van der Waals surface area contributed by atoms with Gasteiger partial charge >= 0.3 is 18.2 Å². The van der Waals surface area contributed by atoms with Crippen molar-refractivity contribution in [3.8, 4) is 0 Å². The molecule has 0 saturated carbocycles. The molecule has 0 aliphatic carbocycles. The quantitative estimate of drug-likeness (QED) is 0.674. The van der Waals surface area contributed by atoms with E-state index in [-0.39, 0.29) is 6.54 Å². The minimum absolute atomic E-state index is 0.351. The number of rotatable bonds is 4. The summed E-state index contributed by atoms with van der Waals surface area (Å²) in [5.74, 6) is -1.92. The molecule has 1 atom stereocenters. The number of carbonyl (C=O) groups is 3. The van der Waals surface area contributed by atoms with Crippen LogP contribution in [0.25, 0.3) is 0 Å². The van der Waals surface area contributed by atoms with Crippen LogP contribution in [0.5, 0.6) is 0 Å². The van der Waals surface area contributed by atoms with E-state index in [1.807, 2.05) is 0 Å². The first-order valence-electron chi connectivity index (χ1n) is 5.80. The maximum absolute atomic E-state index is 11.8. The van der Waals surface area contributed by atoms with Gasteiger partial charge in [-0.05, 0) is 19.4 Å². The molecule has 0 aromatic heterocycles. The van der Waals surface area contributed by atoms with Crippen LogP contribution < -0.4 is 10.6 Å². The van der Waals surface area contributed by atoms with Gasteiger partial charge in [-0.25, -0.2) is 4.79 Å². The van der Waals surface area contributed by atoms with E-state index in [4.69, 9.17) is 5.11 Å². The molecule has 1 aliphatic heterocycles. The zero-order valence-electron chi connectivity index (χ0n) is 10.4. The predicted octanol–water partition coefficient (Wildman–Crippen LogP) is -0.0765.